The molecule has 0 radical (unpaired) electrons. The first-order valence-corrected chi connectivity index (χ1v) is 5.56. The van der Waals surface area contributed by atoms with Crippen LogP contribution in [0, 0.1) is 0 Å². The summed E-state index contributed by atoms with van der Waals surface area (Å²) in [5.41, 5.74) is 2.87. The number of benzene rings is 1. The van der Waals surface area contributed by atoms with Gasteiger partial charge < -0.3 is 4.74 Å². The van der Waals surface area contributed by atoms with Gasteiger partial charge in [0.05, 0.1) is 12.1 Å². The monoisotopic (exact) mass is 228 g/mol. The lowest BCUT2D eigenvalue weighted by atomic mass is 10.1. The van der Waals surface area contributed by atoms with Crippen molar-refractivity contribution in [3.8, 4) is 0 Å². The second kappa shape index (κ2) is 4.10. The molecule has 5 nitrogen and oxygen atoms in total. The summed E-state index contributed by atoms with van der Waals surface area (Å²) in [4.78, 5) is 0. The average molecular weight is 228 g/mol. The van der Waals surface area contributed by atoms with E-state index in [1.54, 1.807) is 4.52 Å². The van der Waals surface area contributed by atoms with Crippen LogP contribution in [0.25, 0.3) is 16.6 Å². The first kappa shape index (κ1) is 10.2. The van der Waals surface area contributed by atoms with Crippen molar-refractivity contribution in [1.82, 2.24) is 20.0 Å². The van der Waals surface area contributed by atoms with Crippen molar-refractivity contribution in [1.29, 1.82) is 0 Å². The molecule has 0 fully saturated rings. The molecule has 0 atom stereocenters. The van der Waals surface area contributed by atoms with E-state index in [-0.39, 0.29) is 0 Å². The predicted molar refractivity (Wildman–Crippen MR) is 63.6 cm³/mol. The van der Waals surface area contributed by atoms with Gasteiger partial charge in [0.2, 0.25) is 0 Å². The van der Waals surface area contributed by atoms with E-state index in [1.807, 2.05) is 37.3 Å². The molecule has 0 saturated carbocycles. The van der Waals surface area contributed by atoms with Crippen molar-refractivity contribution < 1.29 is 4.74 Å². The summed E-state index contributed by atoms with van der Waals surface area (Å²) in [5.74, 6) is 0. The maximum atomic E-state index is 5.47. The molecule has 2 heterocycles. The van der Waals surface area contributed by atoms with Crippen LogP contribution in [0.5, 0.6) is 0 Å². The Morgan fingerprint density at radius 2 is 2.18 bits per heavy atom. The van der Waals surface area contributed by atoms with Crippen molar-refractivity contribution in [3.63, 3.8) is 0 Å². The maximum Gasteiger partial charge on any atom is 0.179 e. The highest BCUT2D eigenvalue weighted by molar-refractivity contribution is 5.84. The van der Waals surface area contributed by atoms with Crippen LogP contribution in [0.2, 0.25) is 0 Å². The van der Waals surface area contributed by atoms with Crippen LogP contribution < -0.4 is 0 Å². The Kier molecular flexibility index (Phi) is 2.45. The maximum absolute atomic E-state index is 5.47. The first-order chi connectivity index (χ1) is 8.40. The van der Waals surface area contributed by atoms with Gasteiger partial charge in [-0.1, -0.05) is 18.2 Å². The highest BCUT2D eigenvalue weighted by atomic mass is 16.5. The molecule has 0 amide bonds. The highest BCUT2D eigenvalue weighted by Gasteiger charge is 2.07. The van der Waals surface area contributed by atoms with Gasteiger partial charge in [-0.05, 0) is 29.5 Å². The number of aromatic nitrogens is 4. The minimum atomic E-state index is 0.576. The third-order valence-corrected chi connectivity index (χ3v) is 2.73. The number of hydrogen-bond acceptors (Lipinski definition) is 4. The number of rotatable bonds is 3. The fourth-order valence-electron chi connectivity index (χ4n) is 1.95. The van der Waals surface area contributed by atoms with Crippen LogP contribution in [-0.2, 0) is 11.3 Å². The van der Waals surface area contributed by atoms with E-state index >= 15 is 0 Å². The number of pyridine rings is 1. The van der Waals surface area contributed by atoms with Crippen LogP contribution in [0.3, 0.4) is 0 Å². The van der Waals surface area contributed by atoms with E-state index < -0.39 is 0 Å². The summed E-state index contributed by atoms with van der Waals surface area (Å²) in [7, 11) is 0. The van der Waals surface area contributed by atoms with E-state index in [1.165, 1.54) is 0 Å². The van der Waals surface area contributed by atoms with Gasteiger partial charge in [0.15, 0.2) is 5.65 Å². The van der Waals surface area contributed by atoms with Gasteiger partial charge in [-0.2, -0.15) is 4.52 Å². The fraction of sp³-hybridized carbons (Fsp3) is 0.250. The molecule has 3 aromatic rings. The summed E-state index contributed by atoms with van der Waals surface area (Å²) in [6.45, 7) is 3.26. The number of nitrogens with zero attached hydrogens (tertiary/aromatic N) is 4. The standard InChI is InChI=1S/C12H12N4O/c1-2-17-8-10-5-3-4-9-6-7-11-13-14-15-16(11)12(9)10/h3-7H,2,8H2,1H3. The van der Waals surface area contributed by atoms with Gasteiger partial charge in [-0.3, -0.25) is 0 Å². The van der Waals surface area contributed by atoms with Crippen LogP contribution in [0.15, 0.2) is 30.3 Å². The molecule has 0 aliphatic heterocycles. The average Bonchev–Trinajstić information content (AvgIpc) is 2.84. The lowest BCUT2D eigenvalue weighted by Gasteiger charge is -2.07. The molecule has 0 bridgehead atoms. The van der Waals surface area contributed by atoms with Crippen LogP contribution in [0.4, 0.5) is 0 Å². The summed E-state index contributed by atoms with van der Waals surface area (Å²) in [6, 6.07) is 10.0. The topological polar surface area (TPSA) is 52.3 Å². The zero-order chi connectivity index (χ0) is 11.7. The lowest BCUT2D eigenvalue weighted by Crippen LogP contribution is -1.98. The minimum Gasteiger partial charge on any atom is -0.377 e. The number of para-hydroxylation sites is 1. The Bertz CT molecular complexity index is 662. The van der Waals surface area contributed by atoms with Gasteiger partial charge in [0.1, 0.15) is 0 Å². The lowest BCUT2D eigenvalue weighted by molar-refractivity contribution is 0.135. The van der Waals surface area contributed by atoms with Crippen molar-refractivity contribution in [2.24, 2.45) is 0 Å². The van der Waals surface area contributed by atoms with E-state index in [0.717, 1.165) is 22.1 Å². The van der Waals surface area contributed by atoms with Crippen molar-refractivity contribution in [2.75, 3.05) is 6.61 Å². The van der Waals surface area contributed by atoms with Gasteiger partial charge >= 0.3 is 0 Å². The van der Waals surface area contributed by atoms with E-state index in [2.05, 4.69) is 15.5 Å². The Labute approximate surface area is 98.0 Å². The summed E-state index contributed by atoms with van der Waals surface area (Å²) < 4.78 is 7.22. The van der Waals surface area contributed by atoms with E-state index in [9.17, 15) is 0 Å². The smallest absolute Gasteiger partial charge is 0.179 e. The molecular weight excluding hydrogens is 216 g/mol. The Morgan fingerprint density at radius 1 is 1.24 bits per heavy atom. The molecule has 86 valence electrons. The summed E-state index contributed by atoms with van der Waals surface area (Å²) in [6.07, 6.45) is 0. The first-order valence-electron chi connectivity index (χ1n) is 5.56. The number of ether oxygens (including phenoxy) is 1. The van der Waals surface area contributed by atoms with Gasteiger partial charge in [0.25, 0.3) is 0 Å². The van der Waals surface area contributed by atoms with Crippen LogP contribution in [-0.4, -0.2) is 26.6 Å². The molecule has 3 rings (SSSR count). The van der Waals surface area contributed by atoms with Crippen molar-refractivity contribution in [3.05, 3.63) is 35.9 Å². The summed E-state index contributed by atoms with van der Waals surface area (Å²) >= 11 is 0. The quantitative estimate of drug-likeness (QED) is 0.686. The molecule has 2 aromatic heterocycles. The predicted octanol–water partition coefficient (Wildman–Crippen LogP) is 1.81. The SMILES string of the molecule is CCOCc1cccc2ccc3nnnn3c12. The molecule has 0 spiro atoms. The van der Waals surface area contributed by atoms with Gasteiger partial charge in [-0.15, -0.1) is 5.10 Å². The van der Waals surface area contributed by atoms with Crippen LogP contribution >= 0.6 is 0 Å². The number of hydrogen-bond donors (Lipinski definition) is 0. The third kappa shape index (κ3) is 1.64. The summed E-state index contributed by atoms with van der Waals surface area (Å²) in [5, 5.41) is 12.8. The molecule has 0 unspecified atom stereocenters. The number of tetrazole rings is 1. The second-order valence-electron chi connectivity index (χ2n) is 3.77. The molecule has 0 saturated heterocycles. The third-order valence-electron chi connectivity index (χ3n) is 2.73. The molecule has 0 N–H and O–H groups in total. The van der Waals surface area contributed by atoms with Crippen molar-refractivity contribution in [2.45, 2.75) is 13.5 Å². The molecule has 0 aliphatic rings. The van der Waals surface area contributed by atoms with Crippen LogP contribution in [0.1, 0.15) is 12.5 Å². The van der Waals surface area contributed by atoms with Crippen molar-refractivity contribution >= 4 is 16.6 Å². The minimum absolute atomic E-state index is 0.576. The molecular formula is C12H12N4O. The zero-order valence-corrected chi connectivity index (χ0v) is 9.50. The van der Waals surface area contributed by atoms with Gasteiger partial charge in [0, 0.05) is 17.6 Å². The van der Waals surface area contributed by atoms with Gasteiger partial charge in [-0.25, -0.2) is 0 Å². The van der Waals surface area contributed by atoms with E-state index in [0.29, 0.717) is 13.2 Å². The Morgan fingerprint density at radius 3 is 3.06 bits per heavy atom. The fourth-order valence-corrected chi connectivity index (χ4v) is 1.95. The zero-order valence-electron chi connectivity index (χ0n) is 9.50. The Balaban J connectivity index is 2.29. The molecule has 1 aromatic carbocycles. The Hall–Kier alpha value is -2.01. The molecule has 0 aliphatic carbocycles. The normalized spacial score (nSPS) is 11.4. The number of fused-ring (bicyclic) bond motifs is 3. The second-order valence-corrected chi connectivity index (χ2v) is 3.77. The molecule has 5 heteroatoms. The largest absolute Gasteiger partial charge is 0.377 e. The highest BCUT2D eigenvalue weighted by Crippen LogP contribution is 2.19. The van der Waals surface area contributed by atoms with E-state index in [4.69, 9.17) is 4.74 Å². The molecule has 17 heavy (non-hydrogen) atoms.